The van der Waals surface area contributed by atoms with Crippen molar-refractivity contribution in [2.45, 2.75) is 12.8 Å². The molecular formula is C11H19N5O4S. The third-order valence-electron chi connectivity index (χ3n) is 3.40. The monoisotopic (exact) mass is 317 g/mol. The van der Waals surface area contributed by atoms with Gasteiger partial charge in [0.05, 0.1) is 5.75 Å². The van der Waals surface area contributed by atoms with E-state index in [0.717, 1.165) is 5.95 Å². The van der Waals surface area contributed by atoms with Crippen LogP contribution in [0.4, 0.5) is 5.95 Å². The molecule has 118 valence electrons. The summed E-state index contributed by atoms with van der Waals surface area (Å²) in [5.74, 6) is -0.376. The van der Waals surface area contributed by atoms with Crippen LogP contribution in [0.25, 0.3) is 0 Å². The van der Waals surface area contributed by atoms with E-state index in [2.05, 4.69) is 10.2 Å². The average molecular weight is 317 g/mol. The Kier molecular flexibility index (Phi) is 4.78. The molecule has 2 heterocycles. The third kappa shape index (κ3) is 3.91. The molecule has 10 heteroatoms. The van der Waals surface area contributed by atoms with Crippen molar-refractivity contribution < 1.29 is 18.3 Å². The van der Waals surface area contributed by atoms with Gasteiger partial charge in [0.2, 0.25) is 16.0 Å². The minimum Gasteiger partial charge on any atom is -0.481 e. The number of hydrogen-bond donors (Lipinski definition) is 1. The van der Waals surface area contributed by atoms with Gasteiger partial charge in [-0.3, -0.25) is 4.79 Å². The van der Waals surface area contributed by atoms with E-state index in [9.17, 15) is 13.2 Å². The Morgan fingerprint density at radius 2 is 2.00 bits per heavy atom. The molecule has 0 aliphatic carbocycles. The van der Waals surface area contributed by atoms with E-state index in [1.807, 2.05) is 11.9 Å². The molecule has 1 N–H and O–H groups in total. The second-order valence-corrected chi connectivity index (χ2v) is 7.03. The molecule has 0 spiro atoms. The summed E-state index contributed by atoms with van der Waals surface area (Å²) in [6.07, 6.45) is 1.61. The third-order valence-corrected chi connectivity index (χ3v) is 5.35. The largest absolute Gasteiger partial charge is 0.481 e. The molecule has 0 unspecified atom stereocenters. The van der Waals surface area contributed by atoms with Gasteiger partial charge in [-0.05, 0) is 6.42 Å². The molecule has 21 heavy (non-hydrogen) atoms. The minimum absolute atomic E-state index is 0.122. The van der Waals surface area contributed by atoms with Crippen LogP contribution in [0.1, 0.15) is 12.8 Å². The van der Waals surface area contributed by atoms with E-state index in [0.29, 0.717) is 26.2 Å². The number of aromatic nitrogens is 3. The maximum atomic E-state index is 12.1. The molecule has 1 fully saturated rings. The number of aliphatic carboxylic acids is 1. The Hall–Kier alpha value is -1.68. The fraction of sp³-hybridized carbons (Fsp3) is 0.727. The summed E-state index contributed by atoms with van der Waals surface area (Å²) in [4.78, 5) is 12.4. The highest BCUT2D eigenvalue weighted by Gasteiger charge is 2.28. The SMILES string of the molecule is Cn1cnnc1N1CCN(S(=O)(=O)CCCC(=O)O)CC1. The Labute approximate surface area is 123 Å². The van der Waals surface area contributed by atoms with Crippen LogP contribution >= 0.6 is 0 Å². The van der Waals surface area contributed by atoms with E-state index in [-0.39, 0.29) is 18.6 Å². The molecule has 0 saturated carbocycles. The first-order chi connectivity index (χ1) is 9.90. The fourth-order valence-corrected chi connectivity index (χ4v) is 3.75. The molecule has 0 amide bonds. The molecule has 0 aromatic carbocycles. The molecule has 2 rings (SSSR count). The number of anilines is 1. The number of aryl methyl sites for hydroxylation is 1. The lowest BCUT2D eigenvalue weighted by molar-refractivity contribution is -0.137. The summed E-state index contributed by atoms with van der Waals surface area (Å²) in [6, 6.07) is 0. The molecule has 0 bridgehead atoms. The second-order valence-electron chi connectivity index (χ2n) is 4.94. The predicted molar refractivity (Wildman–Crippen MR) is 75.4 cm³/mol. The first kappa shape index (κ1) is 15.7. The highest BCUT2D eigenvalue weighted by molar-refractivity contribution is 7.89. The van der Waals surface area contributed by atoms with Crippen molar-refractivity contribution in [2.24, 2.45) is 7.05 Å². The van der Waals surface area contributed by atoms with Crippen LogP contribution in [0.2, 0.25) is 0 Å². The predicted octanol–water partition coefficient (Wildman–Crippen LogP) is -0.868. The van der Waals surface area contributed by atoms with E-state index in [4.69, 9.17) is 5.11 Å². The Morgan fingerprint density at radius 3 is 2.52 bits per heavy atom. The van der Waals surface area contributed by atoms with Crippen LogP contribution in [0.5, 0.6) is 0 Å². The van der Waals surface area contributed by atoms with Gasteiger partial charge < -0.3 is 14.6 Å². The van der Waals surface area contributed by atoms with Gasteiger partial charge >= 0.3 is 5.97 Å². The lowest BCUT2D eigenvalue weighted by atomic mass is 10.3. The molecule has 1 aromatic rings. The van der Waals surface area contributed by atoms with Crippen molar-refractivity contribution >= 4 is 21.9 Å². The zero-order valence-corrected chi connectivity index (χ0v) is 12.7. The van der Waals surface area contributed by atoms with Gasteiger partial charge in [-0.1, -0.05) is 0 Å². The van der Waals surface area contributed by atoms with Crippen LogP contribution in [0.3, 0.4) is 0 Å². The molecule has 9 nitrogen and oxygen atoms in total. The van der Waals surface area contributed by atoms with Gasteiger partial charge in [-0.15, -0.1) is 10.2 Å². The first-order valence-electron chi connectivity index (χ1n) is 6.69. The Balaban J connectivity index is 1.88. The summed E-state index contributed by atoms with van der Waals surface area (Å²) in [5, 5.41) is 16.4. The Bertz CT molecular complexity index is 592. The van der Waals surface area contributed by atoms with Gasteiger partial charge in [-0.2, -0.15) is 4.31 Å². The van der Waals surface area contributed by atoms with Crippen molar-refractivity contribution in [2.75, 3.05) is 36.8 Å². The molecule has 1 aliphatic heterocycles. The van der Waals surface area contributed by atoms with Gasteiger partial charge in [-0.25, -0.2) is 8.42 Å². The summed E-state index contributed by atoms with van der Waals surface area (Å²) in [7, 11) is -1.54. The van der Waals surface area contributed by atoms with Crippen molar-refractivity contribution in [1.82, 2.24) is 19.1 Å². The van der Waals surface area contributed by atoms with Crippen molar-refractivity contribution in [3.8, 4) is 0 Å². The summed E-state index contributed by atoms with van der Waals surface area (Å²) < 4.78 is 27.4. The molecule has 0 radical (unpaired) electrons. The molecule has 1 aliphatic rings. The molecule has 0 atom stereocenters. The molecule has 1 saturated heterocycles. The van der Waals surface area contributed by atoms with E-state index >= 15 is 0 Å². The number of piperazine rings is 1. The van der Waals surface area contributed by atoms with Crippen LogP contribution < -0.4 is 4.90 Å². The van der Waals surface area contributed by atoms with E-state index < -0.39 is 16.0 Å². The number of carboxylic acids is 1. The topological polar surface area (TPSA) is 109 Å². The number of carbonyl (C=O) groups is 1. The van der Waals surface area contributed by atoms with Crippen molar-refractivity contribution in [3.05, 3.63) is 6.33 Å². The van der Waals surface area contributed by atoms with Crippen LogP contribution in [-0.4, -0.2) is 70.5 Å². The first-order valence-corrected chi connectivity index (χ1v) is 8.29. The van der Waals surface area contributed by atoms with Gasteiger partial charge in [0.1, 0.15) is 6.33 Å². The maximum absolute atomic E-state index is 12.1. The Morgan fingerprint density at radius 1 is 1.33 bits per heavy atom. The highest BCUT2D eigenvalue weighted by atomic mass is 32.2. The highest BCUT2D eigenvalue weighted by Crippen LogP contribution is 2.15. The number of rotatable bonds is 6. The van der Waals surface area contributed by atoms with E-state index in [1.54, 1.807) is 10.9 Å². The number of carboxylic acid groups (broad SMARTS) is 1. The zero-order chi connectivity index (χ0) is 15.5. The van der Waals surface area contributed by atoms with Gasteiger partial charge in [0.15, 0.2) is 0 Å². The smallest absolute Gasteiger partial charge is 0.303 e. The number of hydrogen-bond acceptors (Lipinski definition) is 6. The van der Waals surface area contributed by atoms with Crippen LogP contribution in [0.15, 0.2) is 6.33 Å². The fourth-order valence-electron chi connectivity index (χ4n) is 2.26. The quantitative estimate of drug-likeness (QED) is 0.726. The lowest BCUT2D eigenvalue weighted by Gasteiger charge is -2.34. The summed E-state index contributed by atoms with van der Waals surface area (Å²) in [5.41, 5.74) is 0. The maximum Gasteiger partial charge on any atom is 0.303 e. The normalized spacial score (nSPS) is 17.1. The number of sulfonamides is 1. The second kappa shape index (κ2) is 6.39. The van der Waals surface area contributed by atoms with Crippen LogP contribution in [-0.2, 0) is 21.9 Å². The molecule has 1 aromatic heterocycles. The minimum atomic E-state index is -3.38. The van der Waals surface area contributed by atoms with Gasteiger partial charge in [0, 0.05) is 39.6 Å². The van der Waals surface area contributed by atoms with Crippen molar-refractivity contribution in [3.63, 3.8) is 0 Å². The summed E-state index contributed by atoms with van der Waals surface area (Å²) >= 11 is 0. The lowest BCUT2D eigenvalue weighted by Crippen LogP contribution is -2.50. The van der Waals surface area contributed by atoms with Crippen LogP contribution in [0, 0.1) is 0 Å². The average Bonchev–Trinajstić information content (AvgIpc) is 2.84. The summed E-state index contributed by atoms with van der Waals surface area (Å²) in [6.45, 7) is 1.85. The van der Waals surface area contributed by atoms with Crippen molar-refractivity contribution in [1.29, 1.82) is 0 Å². The van der Waals surface area contributed by atoms with Gasteiger partial charge in [0.25, 0.3) is 0 Å². The molecular weight excluding hydrogens is 298 g/mol. The zero-order valence-electron chi connectivity index (χ0n) is 11.8. The van der Waals surface area contributed by atoms with E-state index in [1.165, 1.54) is 4.31 Å². The standard InChI is InChI=1S/C11H19N5O4S/c1-14-9-12-13-11(14)15-4-6-16(7-5-15)21(19,20)8-2-3-10(17)18/h9H,2-8H2,1H3,(H,17,18). The number of nitrogens with zero attached hydrogens (tertiary/aromatic N) is 5.